The lowest BCUT2D eigenvalue weighted by atomic mass is 9.82. The largest absolute Gasteiger partial charge is 0.364 e. The molecule has 25 heavy (non-hydrogen) atoms. The summed E-state index contributed by atoms with van der Waals surface area (Å²) < 4.78 is 2.15. The summed E-state index contributed by atoms with van der Waals surface area (Å²) in [4.78, 5) is 9.03. The Bertz CT molecular complexity index is 870. The molecule has 0 aliphatic rings. The number of pyridine rings is 2. The van der Waals surface area contributed by atoms with Crippen LogP contribution in [0.1, 0.15) is 46.6 Å². The van der Waals surface area contributed by atoms with Crippen molar-refractivity contribution in [3.63, 3.8) is 0 Å². The van der Waals surface area contributed by atoms with Gasteiger partial charge in [-0.25, -0.2) is 4.98 Å². The van der Waals surface area contributed by atoms with Gasteiger partial charge in [0.25, 0.3) is 0 Å². The van der Waals surface area contributed by atoms with Crippen LogP contribution in [0.25, 0.3) is 16.9 Å². The zero-order chi connectivity index (χ0) is 18.2. The number of hydrogen-bond acceptors (Lipinski definition) is 3. The second-order valence-corrected chi connectivity index (χ2v) is 8.72. The molecule has 0 saturated carbocycles. The van der Waals surface area contributed by atoms with E-state index in [2.05, 4.69) is 74.6 Å². The topological polar surface area (TPSA) is 42.2 Å². The smallest absolute Gasteiger partial charge is 0.139 e. The van der Waals surface area contributed by atoms with Gasteiger partial charge in [0.05, 0.1) is 0 Å². The molecule has 0 amide bonds. The van der Waals surface area contributed by atoms with Gasteiger partial charge >= 0.3 is 0 Å². The molecule has 1 N–H and O–H groups in total. The van der Waals surface area contributed by atoms with Crippen LogP contribution in [0.4, 0.5) is 5.82 Å². The number of aryl methyl sites for hydroxylation is 1. The van der Waals surface area contributed by atoms with E-state index in [-0.39, 0.29) is 11.0 Å². The third kappa shape index (κ3) is 4.01. The predicted molar refractivity (Wildman–Crippen MR) is 105 cm³/mol. The van der Waals surface area contributed by atoms with Gasteiger partial charge < -0.3 is 5.32 Å². The summed E-state index contributed by atoms with van der Waals surface area (Å²) in [6, 6.07) is 8.26. The molecule has 132 valence electrons. The Kier molecular flexibility index (Phi) is 4.31. The highest BCUT2D eigenvalue weighted by atomic mass is 15.2. The summed E-state index contributed by atoms with van der Waals surface area (Å²) in [6.45, 7) is 13.4. The van der Waals surface area contributed by atoms with Gasteiger partial charge in [0, 0.05) is 29.7 Å². The fourth-order valence-electron chi connectivity index (χ4n) is 3.67. The van der Waals surface area contributed by atoms with Gasteiger partial charge in [-0.05, 0) is 62.4 Å². The molecule has 0 aliphatic heterocycles. The van der Waals surface area contributed by atoms with E-state index in [1.807, 2.05) is 24.5 Å². The van der Waals surface area contributed by atoms with Gasteiger partial charge in [-0.3, -0.25) is 9.38 Å². The molecule has 0 aromatic carbocycles. The molecule has 3 heterocycles. The Morgan fingerprint density at radius 3 is 2.36 bits per heavy atom. The molecule has 0 unspecified atom stereocenters. The van der Waals surface area contributed by atoms with Crippen LogP contribution in [0.5, 0.6) is 0 Å². The number of fused-ring (bicyclic) bond motifs is 1. The molecule has 0 fully saturated rings. The Morgan fingerprint density at radius 2 is 1.72 bits per heavy atom. The van der Waals surface area contributed by atoms with Crippen LogP contribution >= 0.6 is 0 Å². The molecular formula is C21H28N4. The average Bonchev–Trinajstić information content (AvgIpc) is 2.82. The first kappa shape index (κ1) is 17.5. The molecule has 0 radical (unpaired) electrons. The molecular weight excluding hydrogens is 308 g/mol. The van der Waals surface area contributed by atoms with Gasteiger partial charge in [-0.1, -0.05) is 20.8 Å². The van der Waals surface area contributed by atoms with Crippen molar-refractivity contribution in [1.29, 1.82) is 0 Å². The molecule has 3 aromatic rings. The van der Waals surface area contributed by atoms with E-state index in [0.29, 0.717) is 0 Å². The normalized spacial score (nSPS) is 12.6. The van der Waals surface area contributed by atoms with E-state index in [0.717, 1.165) is 29.1 Å². The highest BCUT2D eigenvalue weighted by Gasteiger charge is 2.28. The van der Waals surface area contributed by atoms with E-state index < -0.39 is 0 Å². The summed E-state index contributed by atoms with van der Waals surface area (Å²) in [6.07, 6.45) is 6.77. The van der Waals surface area contributed by atoms with Gasteiger partial charge in [0.2, 0.25) is 0 Å². The van der Waals surface area contributed by atoms with Crippen LogP contribution in [0.15, 0.2) is 42.9 Å². The molecule has 4 nitrogen and oxygen atoms in total. The number of nitrogens with one attached hydrogen (secondary N) is 1. The lowest BCUT2D eigenvalue weighted by Crippen LogP contribution is -2.36. The minimum Gasteiger partial charge on any atom is -0.364 e. The highest BCUT2D eigenvalue weighted by molar-refractivity contribution is 5.76. The zero-order valence-electron chi connectivity index (χ0n) is 16.1. The number of anilines is 1. The first-order valence-corrected chi connectivity index (χ1v) is 8.82. The van der Waals surface area contributed by atoms with Gasteiger partial charge in [-0.15, -0.1) is 0 Å². The van der Waals surface area contributed by atoms with Gasteiger partial charge in [0.1, 0.15) is 17.2 Å². The van der Waals surface area contributed by atoms with Crippen LogP contribution < -0.4 is 5.32 Å². The number of rotatable bonds is 4. The second-order valence-electron chi connectivity index (χ2n) is 8.72. The minimum absolute atomic E-state index is 0.0547. The lowest BCUT2D eigenvalue weighted by molar-refractivity contribution is 0.302. The molecule has 0 bridgehead atoms. The first-order chi connectivity index (χ1) is 11.6. The molecule has 3 rings (SSSR count). The maximum absolute atomic E-state index is 4.90. The van der Waals surface area contributed by atoms with Crippen molar-refractivity contribution in [2.45, 2.75) is 53.5 Å². The van der Waals surface area contributed by atoms with Crippen molar-refractivity contribution in [3.05, 3.63) is 48.4 Å². The van der Waals surface area contributed by atoms with E-state index >= 15 is 0 Å². The third-order valence-electron chi connectivity index (χ3n) is 4.16. The van der Waals surface area contributed by atoms with Crippen molar-refractivity contribution in [2.75, 3.05) is 5.32 Å². The molecule has 0 spiro atoms. The van der Waals surface area contributed by atoms with Crippen LogP contribution in [0, 0.1) is 12.3 Å². The first-order valence-electron chi connectivity index (χ1n) is 8.82. The Labute approximate surface area is 150 Å². The quantitative estimate of drug-likeness (QED) is 0.700. The maximum atomic E-state index is 4.90. The van der Waals surface area contributed by atoms with E-state index in [9.17, 15) is 0 Å². The van der Waals surface area contributed by atoms with Crippen LogP contribution in [-0.4, -0.2) is 19.9 Å². The van der Waals surface area contributed by atoms with Crippen LogP contribution in [0.3, 0.4) is 0 Å². The lowest BCUT2D eigenvalue weighted by Gasteiger charge is -2.34. The standard InChI is InChI=1S/C21H28N4/c1-15-9-12-25-17(13-15)23-18(16-7-10-22-11-8-16)19(25)24-21(5,6)14-20(2,3)4/h7-13,24H,14H2,1-6H3. The zero-order valence-corrected chi connectivity index (χ0v) is 16.1. The molecule has 4 heteroatoms. The summed E-state index contributed by atoms with van der Waals surface area (Å²) >= 11 is 0. The molecule has 3 aromatic heterocycles. The average molecular weight is 336 g/mol. The second kappa shape index (κ2) is 6.17. The predicted octanol–water partition coefficient (Wildman–Crippen LogP) is 5.33. The van der Waals surface area contributed by atoms with Crippen molar-refractivity contribution < 1.29 is 0 Å². The summed E-state index contributed by atoms with van der Waals surface area (Å²) in [5.74, 6) is 1.04. The van der Waals surface area contributed by atoms with Crippen LogP contribution in [0.2, 0.25) is 0 Å². The summed E-state index contributed by atoms with van der Waals surface area (Å²) in [7, 11) is 0. The Balaban J connectivity index is 2.12. The monoisotopic (exact) mass is 336 g/mol. The molecule has 0 atom stereocenters. The SMILES string of the molecule is Cc1ccn2c(NC(C)(C)CC(C)(C)C)c(-c3ccncc3)nc2c1. The Hall–Kier alpha value is -2.36. The minimum atomic E-state index is -0.0547. The van der Waals surface area contributed by atoms with Gasteiger partial charge in [-0.2, -0.15) is 0 Å². The Morgan fingerprint density at radius 1 is 1.04 bits per heavy atom. The van der Waals surface area contributed by atoms with Gasteiger partial charge in [0.15, 0.2) is 0 Å². The van der Waals surface area contributed by atoms with Crippen molar-refractivity contribution >= 4 is 11.5 Å². The van der Waals surface area contributed by atoms with Crippen LogP contribution in [-0.2, 0) is 0 Å². The maximum Gasteiger partial charge on any atom is 0.139 e. The summed E-state index contributed by atoms with van der Waals surface area (Å²) in [5, 5.41) is 3.76. The fraction of sp³-hybridized carbons (Fsp3) is 0.429. The van der Waals surface area contributed by atoms with E-state index in [1.165, 1.54) is 5.56 Å². The number of aromatic nitrogens is 3. The van der Waals surface area contributed by atoms with E-state index in [1.54, 1.807) is 0 Å². The fourth-order valence-corrected chi connectivity index (χ4v) is 3.67. The number of imidazole rings is 1. The highest BCUT2D eigenvalue weighted by Crippen LogP contribution is 2.34. The van der Waals surface area contributed by atoms with Crippen molar-refractivity contribution in [3.8, 4) is 11.3 Å². The number of nitrogens with zero attached hydrogens (tertiary/aromatic N) is 3. The van der Waals surface area contributed by atoms with E-state index in [4.69, 9.17) is 4.98 Å². The third-order valence-corrected chi connectivity index (χ3v) is 4.16. The molecule has 0 saturated heterocycles. The van der Waals surface area contributed by atoms with Crippen molar-refractivity contribution in [2.24, 2.45) is 5.41 Å². The summed E-state index contributed by atoms with van der Waals surface area (Å²) in [5.41, 5.74) is 4.39. The van der Waals surface area contributed by atoms with Crippen molar-refractivity contribution in [1.82, 2.24) is 14.4 Å². The molecule has 0 aliphatic carbocycles. The number of hydrogen-bond donors (Lipinski definition) is 1.